The molecule has 2 aromatic carbocycles. The number of amides is 2. The van der Waals surface area contributed by atoms with Gasteiger partial charge in [-0.05, 0) is 86.2 Å². The number of aliphatic hydroxyl groups excluding tert-OH is 2. The van der Waals surface area contributed by atoms with Gasteiger partial charge >= 0.3 is 12.1 Å². The minimum atomic E-state index is -5.67. The standard InChI is InChI=1S/C31H38F5N3O8S/c1-20-15-25(47-19-23(41)18-40)16-21(2)26(20)7-14-48(44,45)39-11-9-29(10-12-39,28(37)43)38-27(42)22-5-3-6-24(17-22)46-13-4-8-30(32,33)31(34,35)36/h3,5-7,14-17,23,40-41H,4,8-13,18-19H2,1-2H3,(H2,37,43)(H,38,42)/t23-/m1/s1. The summed E-state index contributed by atoms with van der Waals surface area (Å²) in [6.07, 6.45) is -7.66. The topological polar surface area (TPSA) is 168 Å². The average molecular weight is 708 g/mol. The Hall–Kier alpha value is -3.80. The minimum absolute atomic E-state index is 0.0153. The molecular formula is C31H38F5N3O8S. The van der Waals surface area contributed by atoms with Crippen LogP contribution in [0.3, 0.4) is 0 Å². The van der Waals surface area contributed by atoms with Crippen LogP contribution in [0, 0.1) is 13.8 Å². The molecule has 11 nitrogen and oxygen atoms in total. The maximum Gasteiger partial charge on any atom is 0.453 e. The van der Waals surface area contributed by atoms with E-state index in [0.29, 0.717) is 22.4 Å². The van der Waals surface area contributed by atoms with E-state index in [0.717, 1.165) is 9.71 Å². The van der Waals surface area contributed by atoms with E-state index in [1.165, 1.54) is 30.3 Å². The first-order valence-corrected chi connectivity index (χ1v) is 16.3. The highest BCUT2D eigenvalue weighted by Gasteiger charge is 2.56. The van der Waals surface area contributed by atoms with Crippen molar-refractivity contribution in [1.29, 1.82) is 0 Å². The van der Waals surface area contributed by atoms with Crippen LogP contribution in [-0.2, 0) is 14.8 Å². The predicted molar refractivity (Wildman–Crippen MR) is 165 cm³/mol. The molecule has 1 heterocycles. The smallest absolute Gasteiger partial charge is 0.453 e. The normalized spacial score (nSPS) is 16.4. The molecule has 17 heteroatoms. The van der Waals surface area contributed by atoms with Crippen LogP contribution in [0.1, 0.15) is 52.7 Å². The number of alkyl halides is 5. The first kappa shape index (κ1) is 38.6. The van der Waals surface area contributed by atoms with Crippen LogP contribution in [0.15, 0.2) is 41.8 Å². The summed E-state index contributed by atoms with van der Waals surface area (Å²) in [6, 6.07) is 8.66. The minimum Gasteiger partial charge on any atom is -0.494 e. The van der Waals surface area contributed by atoms with Gasteiger partial charge in [0.2, 0.25) is 15.9 Å². The zero-order chi connectivity index (χ0) is 35.9. The van der Waals surface area contributed by atoms with Gasteiger partial charge in [-0.1, -0.05) is 6.07 Å². The van der Waals surface area contributed by atoms with Crippen LogP contribution in [0.2, 0.25) is 0 Å². The highest BCUT2D eigenvalue weighted by atomic mass is 32.2. The molecule has 1 atom stereocenters. The van der Waals surface area contributed by atoms with Crippen LogP contribution in [-0.4, -0.2) is 91.4 Å². The van der Waals surface area contributed by atoms with Crippen molar-refractivity contribution in [2.75, 3.05) is 32.9 Å². The number of aryl methyl sites for hydroxylation is 2. The molecule has 1 aliphatic heterocycles. The molecule has 2 aromatic rings. The number of hydrogen-bond acceptors (Lipinski definition) is 8. The van der Waals surface area contributed by atoms with Crippen LogP contribution >= 0.6 is 0 Å². The molecular weight excluding hydrogens is 669 g/mol. The van der Waals surface area contributed by atoms with Crippen molar-refractivity contribution >= 4 is 27.9 Å². The Kier molecular flexibility index (Phi) is 12.6. The fourth-order valence-electron chi connectivity index (χ4n) is 4.96. The first-order chi connectivity index (χ1) is 22.3. The maximum absolute atomic E-state index is 13.2. The van der Waals surface area contributed by atoms with Gasteiger partial charge in [0.05, 0.1) is 13.2 Å². The second kappa shape index (κ2) is 15.6. The molecule has 48 heavy (non-hydrogen) atoms. The Morgan fingerprint density at radius 1 is 1.06 bits per heavy atom. The zero-order valence-electron chi connectivity index (χ0n) is 26.2. The van der Waals surface area contributed by atoms with Crippen molar-refractivity contribution in [3.8, 4) is 11.5 Å². The lowest BCUT2D eigenvalue weighted by Gasteiger charge is -2.39. The molecule has 2 amide bonds. The highest BCUT2D eigenvalue weighted by molar-refractivity contribution is 7.92. The lowest BCUT2D eigenvalue weighted by atomic mass is 9.87. The number of sulfonamides is 1. The number of carbonyl (C=O) groups is 2. The lowest BCUT2D eigenvalue weighted by Crippen LogP contribution is -2.62. The van der Waals surface area contributed by atoms with Crippen LogP contribution in [0.4, 0.5) is 22.0 Å². The molecule has 0 saturated carbocycles. The Morgan fingerprint density at radius 2 is 1.69 bits per heavy atom. The third-order valence-electron chi connectivity index (χ3n) is 7.80. The zero-order valence-corrected chi connectivity index (χ0v) is 27.0. The number of primary amides is 1. The number of rotatable bonds is 15. The number of aliphatic hydroxyl groups is 2. The number of nitrogens with two attached hydrogens (primary N) is 1. The number of nitrogens with zero attached hydrogens (tertiary/aromatic N) is 1. The Bertz CT molecular complexity index is 1570. The van der Waals surface area contributed by atoms with E-state index in [1.54, 1.807) is 26.0 Å². The third kappa shape index (κ3) is 9.87. The van der Waals surface area contributed by atoms with Gasteiger partial charge in [-0.3, -0.25) is 9.59 Å². The van der Waals surface area contributed by atoms with E-state index >= 15 is 0 Å². The van der Waals surface area contributed by atoms with Gasteiger partial charge in [0.1, 0.15) is 29.7 Å². The maximum atomic E-state index is 13.2. The molecule has 0 bridgehead atoms. The second-order valence-corrected chi connectivity index (χ2v) is 13.3. The Morgan fingerprint density at radius 3 is 2.25 bits per heavy atom. The van der Waals surface area contributed by atoms with Gasteiger partial charge in [-0.25, -0.2) is 8.42 Å². The van der Waals surface area contributed by atoms with E-state index in [4.69, 9.17) is 20.3 Å². The molecule has 0 unspecified atom stereocenters. The summed E-state index contributed by atoms with van der Waals surface area (Å²) in [4.78, 5) is 25.6. The second-order valence-electron chi connectivity index (χ2n) is 11.4. The lowest BCUT2D eigenvalue weighted by molar-refractivity contribution is -0.284. The van der Waals surface area contributed by atoms with Crippen molar-refractivity contribution in [2.45, 2.75) is 63.3 Å². The average Bonchev–Trinajstić information content (AvgIpc) is 3.01. The first-order valence-electron chi connectivity index (χ1n) is 14.8. The van der Waals surface area contributed by atoms with Gasteiger partial charge < -0.3 is 30.7 Å². The molecule has 1 saturated heterocycles. The molecule has 0 aliphatic carbocycles. The Labute approximate surface area is 274 Å². The van der Waals surface area contributed by atoms with Crippen LogP contribution < -0.4 is 20.5 Å². The molecule has 266 valence electrons. The Balaban J connectivity index is 1.62. The summed E-state index contributed by atoms with van der Waals surface area (Å²) in [5.74, 6) is -6.05. The van der Waals surface area contributed by atoms with Gasteiger partial charge in [-0.2, -0.15) is 26.3 Å². The molecule has 0 spiro atoms. The molecule has 0 aromatic heterocycles. The summed E-state index contributed by atoms with van der Waals surface area (Å²) >= 11 is 0. The van der Waals surface area contributed by atoms with Crippen LogP contribution in [0.5, 0.6) is 11.5 Å². The van der Waals surface area contributed by atoms with Crippen molar-refractivity contribution < 1.29 is 59.6 Å². The molecule has 5 N–H and O–H groups in total. The summed E-state index contributed by atoms with van der Waals surface area (Å²) in [7, 11) is -3.97. The van der Waals surface area contributed by atoms with E-state index in [2.05, 4.69) is 5.32 Å². The monoisotopic (exact) mass is 707 g/mol. The molecule has 3 rings (SSSR count). The van der Waals surface area contributed by atoms with Crippen molar-refractivity contribution in [3.05, 3.63) is 64.1 Å². The van der Waals surface area contributed by atoms with Gasteiger partial charge in [0.25, 0.3) is 5.91 Å². The van der Waals surface area contributed by atoms with Gasteiger partial charge in [0, 0.05) is 30.5 Å². The summed E-state index contributed by atoms with van der Waals surface area (Å²) in [6.45, 7) is 2.14. The van der Waals surface area contributed by atoms with E-state index in [9.17, 15) is 45.1 Å². The van der Waals surface area contributed by atoms with E-state index < -0.39 is 71.6 Å². The van der Waals surface area contributed by atoms with Gasteiger partial charge in [-0.15, -0.1) is 0 Å². The van der Waals surface area contributed by atoms with E-state index in [1.807, 2.05) is 0 Å². The fourth-order valence-corrected chi connectivity index (χ4v) is 6.14. The third-order valence-corrected chi connectivity index (χ3v) is 9.37. The van der Waals surface area contributed by atoms with Crippen molar-refractivity contribution in [3.63, 3.8) is 0 Å². The number of benzene rings is 2. The number of ether oxygens (including phenoxy) is 2. The molecule has 1 aliphatic rings. The summed E-state index contributed by atoms with van der Waals surface area (Å²) in [5, 5.41) is 22.1. The number of nitrogens with one attached hydrogen (secondary N) is 1. The number of hydrogen-bond donors (Lipinski definition) is 4. The number of piperidine rings is 1. The van der Waals surface area contributed by atoms with Crippen molar-refractivity contribution in [2.24, 2.45) is 5.73 Å². The van der Waals surface area contributed by atoms with Crippen molar-refractivity contribution in [1.82, 2.24) is 9.62 Å². The van der Waals surface area contributed by atoms with Gasteiger partial charge in [0.15, 0.2) is 0 Å². The number of halogens is 5. The fraction of sp³-hybridized carbons (Fsp3) is 0.484. The quantitative estimate of drug-likeness (QED) is 0.161. The number of carbonyl (C=O) groups excluding carboxylic acids is 2. The van der Waals surface area contributed by atoms with Crippen LogP contribution in [0.25, 0.3) is 6.08 Å². The summed E-state index contributed by atoms with van der Waals surface area (Å²) in [5.41, 5.74) is 6.05. The predicted octanol–water partition coefficient (Wildman–Crippen LogP) is 3.44. The largest absolute Gasteiger partial charge is 0.494 e. The highest BCUT2D eigenvalue weighted by Crippen LogP contribution is 2.38. The summed E-state index contributed by atoms with van der Waals surface area (Å²) < 4.78 is 101. The molecule has 0 radical (unpaired) electrons. The van der Waals surface area contributed by atoms with E-state index in [-0.39, 0.29) is 43.9 Å². The molecule has 1 fully saturated rings. The SMILES string of the molecule is Cc1cc(OC[C@H](O)CO)cc(C)c1C=CS(=O)(=O)N1CCC(NC(=O)c2cccc(OCCCC(F)(F)C(F)(F)F)c2)(C(N)=O)CC1.